The van der Waals surface area contributed by atoms with Crippen molar-refractivity contribution in [2.45, 2.75) is 50.4 Å². The molecule has 0 fully saturated rings. The first kappa shape index (κ1) is 13.5. The molecule has 0 radical (unpaired) electrons. The van der Waals surface area contributed by atoms with Gasteiger partial charge in [-0.1, -0.05) is 20.8 Å². The van der Waals surface area contributed by atoms with Crippen LogP contribution in [0.4, 0.5) is 0 Å². The van der Waals surface area contributed by atoms with Gasteiger partial charge in [-0.25, -0.2) is 4.98 Å². The highest BCUT2D eigenvalue weighted by molar-refractivity contribution is 7.99. The Morgan fingerprint density at radius 3 is 2.75 bits per heavy atom. The number of hydrogen-bond donors (Lipinski definition) is 1. The third-order valence-corrected chi connectivity index (χ3v) is 3.25. The SMILES string of the molecule is CCCNC(C)c1ccnc(SC(C)C)c1. The summed E-state index contributed by atoms with van der Waals surface area (Å²) >= 11 is 1.81. The topological polar surface area (TPSA) is 24.9 Å². The van der Waals surface area contributed by atoms with E-state index < -0.39 is 0 Å². The Morgan fingerprint density at radius 1 is 1.38 bits per heavy atom. The average Bonchev–Trinajstić information content (AvgIpc) is 2.25. The number of thioether (sulfide) groups is 1. The van der Waals surface area contributed by atoms with Gasteiger partial charge in [0.05, 0.1) is 5.03 Å². The Balaban J connectivity index is 2.65. The molecule has 16 heavy (non-hydrogen) atoms. The zero-order valence-corrected chi connectivity index (χ0v) is 11.5. The third kappa shape index (κ3) is 4.54. The Hall–Kier alpha value is -0.540. The number of aromatic nitrogens is 1. The molecule has 90 valence electrons. The standard InChI is InChI=1S/C13H22N2S/c1-5-7-14-11(4)12-6-8-15-13(9-12)16-10(2)3/h6,8-11,14H,5,7H2,1-4H3. The minimum absolute atomic E-state index is 0.412. The van der Waals surface area contributed by atoms with Gasteiger partial charge in [-0.05, 0) is 37.6 Å². The summed E-state index contributed by atoms with van der Waals surface area (Å²) in [5.74, 6) is 0. The van der Waals surface area contributed by atoms with Gasteiger partial charge in [0.1, 0.15) is 0 Å². The minimum Gasteiger partial charge on any atom is -0.310 e. The number of pyridine rings is 1. The Kier molecular flexibility index (Phi) is 5.85. The molecule has 1 unspecified atom stereocenters. The van der Waals surface area contributed by atoms with Gasteiger partial charge < -0.3 is 5.32 Å². The maximum absolute atomic E-state index is 4.38. The summed E-state index contributed by atoms with van der Waals surface area (Å²) in [6, 6.07) is 4.70. The van der Waals surface area contributed by atoms with Crippen LogP contribution in [0.3, 0.4) is 0 Å². The summed E-state index contributed by atoms with van der Waals surface area (Å²) < 4.78 is 0. The quantitative estimate of drug-likeness (QED) is 0.766. The van der Waals surface area contributed by atoms with Crippen molar-refractivity contribution < 1.29 is 0 Å². The number of nitrogens with zero attached hydrogens (tertiary/aromatic N) is 1. The highest BCUT2D eigenvalue weighted by Crippen LogP contribution is 2.23. The van der Waals surface area contributed by atoms with Gasteiger partial charge in [0.15, 0.2) is 0 Å². The lowest BCUT2D eigenvalue weighted by Gasteiger charge is -2.14. The maximum atomic E-state index is 4.38. The van der Waals surface area contributed by atoms with Crippen LogP contribution in [-0.2, 0) is 0 Å². The molecule has 1 aromatic rings. The number of hydrogen-bond acceptors (Lipinski definition) is 3. The van der Waals surface area contributed by atoms with Crippen molar-refractivity contribution in [2.75, 3.05) is 6.54 Å². The molecule has 0 amide bonds. The summed E-state index contributed by atoms with van der Waals surface area (Å²) in [4.78, 5) is 4.38. The van der Waals surface area contributed by atoms with E-state index in [1.807, 2.05) is 18.0 Å². The molecule has 0 spiro atoms. The molecule has 1 N–H and O–H groups in total. The van der Waals surface area contributed by atoms with E-state index >= 15 is 0 Å². The van der Waals surface area contributed by atoms with Crippen LogP contribution in [0.1, 0.15) is 45.7 Å². The lowest BCUT2D eigenvalue weighted by molar-refractivity contribution is 0.569. The Bertz CT molecular complexity index is 313. The molecular weight excluding hydrogens is 216 g/mol. The van der Waals surface area contributed by atoms with E-state index in [0.29, 0.717) is 11.3 Å². The van der Waals surface area contributed by atoms with Crippen molar-refractivity contribution in [2.24, 2.45) is 0 Å². The summed E-state index contributed by atoms with van der Waals surface area (Å²) in [5, 5.41) is 5.20. The van der Waals surface area contributed by atoms with E-state index in [1.54, 1.807) is 0 Å². The summed E-state index contributed by atoms with van der Waals surface area (Å²) in [6.45, 7) is 9.84. The van der Waals surface area contributed by atoms with Gasteiger partial charge in [-0.15, -0.1) is 11.8 Å². The van der Waals surface area contributed by atoms with Crippen LogP contribution >= 0.6 is 11.8 Å². The van der Waals surface area contributed by atoms with Crippen molar-refractivity contribution in [3.8, 4) is 0 Å². The van der Waals surface area contributed by atoms with Crippen molar-refractivity contribution in [1.29, 1.82) is 0 Å². The molecule has 1 aromatic heterocycles. The molecular formula is C13H22N2S. The molecule has 0 aliphatic carbocycles. The number of rotatable bonds is 6. The van der Waals surface area contributed by atoms with Crippen molar-refractivity contribution in [1.82, 2.24) is 10.3 Å². The van der Waals surface area contributed by atoms with Gasteiger partial charge in [0.25, 0.3) is 0 Å². The summed E-state index contributed by atoms with van der Waals surface area (Å²) in [7, 11) is 0. The first-order chi connectivity index (χ1) is 7.63. The second-order valence-corrected chi connectivity index (χ2v) is 5.87. The highest BCUT2D eigenvalue weighted by Gasteiger charge is 2.06. The minimum atomic E-state index is 0.412. The van der Waals surface area contributed by atoms with E-state index in [2.05, 4.69) is 50.1 Å². The van der Waals surface area contributed by atoms with Crippen molar-refractivity contribution in [3.05, 3.63) is 23.9 Å². The molecule has 1 atom stereocenters. The molecule has 0 saturated heterocycles. The predicted molar refractivity (Wildman–Crippen MR) is 71.9 cm³/mol. The van der Waals surface area contributed by atoms with E-state index in [4.69, 9.17) is 0 Å². The maximum Gasteiger partial charge on any atom is 0.0965 e. The lowest BCUT2D eigenvalue weighted by atomic mass is 10.1. The van der Waals surface area contributed by atoms with Crippen LogP contribution < -0.4 is 5.32 Å². The van der Waals surface area contributed by atoms with Gasteiger partial charge in [-0.2, -0.15) is 0 Å². The van der Waals surface area contributed by atoms with Crippen molar-refractivity contribution >= 4 is 11.8 Å². The third-order valence-electron chi connectivity index (χ3n) is 2.32. The normalized spacial score (nSPS) is 13.1. The van der Waals surface area contributed by atoms with E-state index in [1.165, 1.54) is 12.0 Å². The summed E-state index contributed by atoms with van der Waals surface area (Å²) in [6.07, 6.45) is 3.08. The van der Waals surface area contributed by atoms with Gasteiger partial charge in [-0.3, -0.25) is 0 Å². The number of nitrogens with one attached hydrogen (secondary N) is 1. The molecule has 2 nitrogen and oxygen atoms in total. The zero-order valence-electron chi connectivity index (χ0n) is 10.7. The van der Waals surface area contributed by atoms with Crippen LogP contribution in [0.2, 0.25) is 0 Å². The molecule has 0 aliphatic rings. The fraction of sp³-hybridized carbons (Fsp3) is 0.615. The smallest absolute Gasteiger partial charge is 0.0965 e. The Morgan fingerprint density at radius 2 is 2.12 bits per heavy atom. The first-order valence-corrected chi connectivity index (χ1v) is 6.87. The van der Waals surface area contributed by atoms with Crippen LogP contribution in [0, 0.1) is 0 Å². The van der Waals surface area contributed by atoms with Crippen LogP contribution in [0.25, 0.3) is 0 Å². The molecule has 0 bridgehead atoms. The average molecular weight is 238 g/mol. The molecule has 1 rings (SSSR count). The largest absolute Gasteiger partial charge is 0.310 e. The molecule has 0 aromatic carbocycles. The van der Waals surface area contributed by atoms with Crippen LogP contribution in [0.5, 0.6) is 0 Å². The van der Waals surface area contributed by atoms with E-state index in [9.17, 15) is 0 Å². The monoisotopic (exact) mass is 238 g/mol. The van der Waals surface area contributed by atoms with E-state index in [-0.39, 0.29) is 0 Å². The van der Waals surface area contributed by atoms with Crippen LogP contribution in [0.15, 0.2) is 23.4 Å². The fourth-order valence-electron chi connectivity index (χ4n) is 1.48. The van der Waals surface area contributed by atoms with Crippen LogP contribution in [-0.4, -0.2) is 16.8 Å². The second-order valence-electron chi connectivity index (χ2n) is 4.27. The second kappa shape index (κ2) is 6.92. The zero-order chi connectivity index (χ0) is 12.0. The molecule has 0 aliphatic heterocycles. The molecule has 1 heterocycles. The lowest BCUT2D eigenvalue weighted by Crippen LogP contribution is -2.19. The molecule has 0 saturated carbocycles. The van der Waals surface area contributed by atoms with E-state index in [0.717, 1.165) is 11.6 Å². The Labute approximate surface area is 103 Å². The van der Waals surface area contributed by atoms with Crippen molar-refractivity contribution in [3.63, 3.8) is 0 Å². The highest BCUT2D eigenvalue weighted by atomic mass is 32.2. The van der Waals surface area contributed by atoms with Gasteiger partial charge in [0, 0.05) is 17.5 Å². The first-order valence-electron chi connectivity index (χ1n) is 5.99. The fourth-order valence-corrected chi connectivity index (χ4v) is 2.29. The van der Waals surface area contributed by atoms with Gasteiger partial charge >= 0.3 is 0 Å². The van der Waals surface area contributed by atoms with Gasteiger partial charge in [0.2, 0.25) is 0 Å². The molecule has 3 heteroatoms. The predicted octanol–water partition coefficient (Wildman–Crippen LogP) is 3.64. The summed E-state index contributed by atoms with van der Waals surface area (Å²) in [5.41, 5.74) is 1.33.